The van der Waals surface area contributed by atoms with Crippen LogP contribution in [-0.4, -0.2) is 45.2 Å². The lowest BCUT2D eigenvalue weighted by atomic mass is 10.3. The van der Waals surface area contributed by atoms with Crippen LogP contribution in [0.5, 0.6) is 0 Å². The molecule has 1 aromatic heterocycles. The lowest BCUT2D eigenvalue weighted by Crippen LogP contribution is -2.38. The fourth-order valence-electron chi connectivity index (χ4n) is 2.26. The molecule has 2 aromatic rings. The molecule has 1 heterocycles. The van der Waals surface area contributed by atoms with Crippen molar-refractivity contribution >= 4 is 17.6 Å². The van der Waals surface area contributed by atoms with Crippen molar-refractivity contribution in [1.29, 1.82) is 0 Å². The molecule has 0 spiro atoms. The highest BCUT2D eigenvalue weighted by atomic mass is 16.2. The number of nitrogens with one attached hydrogen (secondary N) is 2. The van der Waals surface area contributed by atoms with Gasteiger partial charge in [-0.1, -0.05) is 18.2 Å². The molecule has 0 aliphatic rings. The minimum atomic E-state index is -0.259. The van der Waals surface area contributed by atoms with E-state index in [1.54, 1.807) is 13.4 Å². The van der Waals surface area contributed by atoms with Gasteiger partial charge in [0.2, 0.25) is 5.91 Å². The quantitative estimate of drug-likeness (QED) is 0.804. The summed E-state index contributed by atoms with van der Waals surface area (Å²) in [7, 11) is 1.68. The summed E-state index contributed by atoms with van der Waals surface area (Å²) in [4.78, 5) is 25.5. The number of anilines is 1. The molecule has 0 radical (unpaired) electrons. The summed E-state index contributed by atoms with van der Waals surface area (Å²) in [6.07, 6.45) is 1.86. The maximum Gasteiger partial charge on any atom is 0.317 e. The molecule has 3 amide bonds. The summed E-state index contributed by atoms with van der Waals surface area (Å²) >= 11 is 0. The van der Waals surface area contributed by atoms with Crippen LogP contribution >= 0.6 is 0 Å². The predicted molar refractivity (Wildman–Crippen MR) is 95.0 cm³/mol. The van der Waals surface area contributed by atoms with Crippen molar-refractivity contribution in [1.82, 2.24) is 25.0 Å². The van der Waals surface area contributed by atoms with Gasteiger partial charge in [0.1, 0.15) is 6.33 Å². The van der Waals surface area contributed by atoms with Gasteiger partial charge in [0.15, 0.2) is 5.82 Å². The molecule has 1 aromatic carbocycles. The second-order valence-corrected chi connectivity index (χ2v) is 6.00. The van der Waals surface area contributed by atoms with Crippen molar-refractivity contribution in [2.75, 3.05) is 18.9 Å². The normalized spacial score (nSPS) is 10.6. The number of benzene rings is 1. The van der Waals surface area contributed by atoms with Crippen molar-refractivity contribution in [3.63, 3.8) is 0 Å². The first kappa shape index (κ1) is 18.4. The Labute approximate surface area is 147 Å². The van der Waals surface area contributed by atoms with Gasteiger partial charge in [0, 0.05) is 31.7 Å². The molecule has 2 rings (SSSR count). The number of hydrogen-bond acceptors (Lipinski definition) is 4. The summed E-state index contributed by atoms with van der Waals surface area (Å²) in [5, 5.41) is 13.4. The molecule has 8 nitrogen and oxygen atoms in total. The molecule has 0 bridgehead atoms. The second-order valence-electron chi connectivity index (χ2n) is 6.00. The Morgan fingerprint density at radius 1 is 1.24 bits per heavy atom. The molecular formula is C17H24N6O2. The number of carbonyl (C=O) groups excluding carboxylic acids is 2. The molecule has 0 atom stereocenters. The molecule has 134 valence electrons. The zero-order chi connectivity index (χ0) is 18.2. The van der Waals surface area contributed by atoms with Crippen molar-refractivity contribution in [3.8, 4) is 0 Å². The Balaban J connectivity index is 1.74. The number of hydrogen-bond donors (Lipinski definition) is 2. The number of carbonyl (C=O) groups is 2. The minimum Gasteiger partial charge on any atom is -0.337 e. The van der Waals surface area contributed by atoms with Crippen LogP contribution in [0.2, 0.25) is 0 Å². The number of para-hydroxylation sites is 1. The van der Waals surface area contributed by atoms with Gasteiger partial charge in [-0.05, 0) is 26.0 Å². The standard InChI is InChI=1S/C17H24N6O2/c1-13(2)23-12-19-21-15(23)11-22(3)17(25)18-10-9-16(24)20-14-7-5-4-6-8-14/h4-8,12-13H,9-11H2,1-3H3,(H,18,25)(H,20,24). The summed E-state index contributed by atoms with van der Waals surface area (Å²) in [6, 6.07) is 9.18. The molecule has 2 N–H and O–H groups in total. The third-order valence-corrected chi connectivity index (χ3v) is 3.61. The Morgan fingerprint density at radius 3 is 2.64 bits per heavy atom. The largest absolute Gasteiger partial charge is 0.337 e. The fourth-order valence-corrected chi connectivity index (χ4v) is 2.26. The van der Waals surface area contributed by atoms with Crippen molar-refractivity contribution < 1.29 is 9.59 Å². The molecule has 8 heteroatoms. The van der Waals surface area contributed by atoms with Gasteiger partial charge in [-0.25, -0.2) is 4.79 Å². The van der Waals surface area contributed by atoms with E-state index in [1.807, 2.05) is 48.7 Å². The topological polar surface area (TPSA) is 92.2 Å². The highest BCUT2D eigenvalue weighted by Crippen LogP contribution is 2.08. The Morgan fingerprint density at radius 2 is 1.96 bits per heavy atom. The van der Waals surface area contributed by atoms with Gasteiger partial charge in [-0.2, -0.15) is 0 Å². The van der Waals surface area contributed by atoms with Gasteiger partial charge in [-0.15, -0.1) is 10.2 Å². The Bertz CT molecular complexity index is 698. The van der Waals surface area contributed by atoms with Crippen LogP contribution in [-0.2, 0) is 11.3 Å². The molecule has 0 aliphatic carbocycles. The van der Waals surface area contributed by atoms with Gasteiger partial charge < -0.3 is 20.1 Å². The van der Waals surface area contributed by atoms with Crippen LogP contribution in [0.1, 0.15) is 32.1 Å². The first-order chi connectivity index (χ1) is 12.0. The molecule has 0 unspecified atom stereocenters. The average molecular weight is 344 g/mol. The van der Waals surface area contributed by atoms with Crippen LogP contribution in [0.3, 0.4) is 0 Å². The van der Waals surface area contributed by atoms with Crippen molar-refractivity contribution in [2.45, 2.75) is 32.9 Å². The molecule has 0 fully saturated rings. The van der Waals surface area contributed by atoms with E-state index < -0.39 is 0 Å². The predicted octanol–water partition coefficient (Wildman–Crippen LogP) is 2.03. The number of nitrogens with zero attached hydrogens (tertiary/aromatic N) is 4. The summed E-state index contributed by atoms with van der Waals surface area (Å²) in [6.45, 7) is 4.66. The molecule has 25 heavy (non-hydrogen) atoms. The monoisotopic (exact) mass is 344 g/mol. The Kier molecular flexibility index (Phi) is 6.50. The van der Waals surface area contributed by atoms with E-state index in [2.05, 4.69) is 20.8 Å². The second kappa shape index (κ2) is 8.81. The SMILES string of the molecule is CC(C)n1cnnc1CN(C)C(=O)NCCC(=O)Nc1ccccc1. The van der Waals surface area contributed by atoms with E-state index in [-0.39, 0.29) is 30.9 Å². The zero-order valence-electron chi connectivity index (χ0n) is 14.8. The van der Waals surface area contributed by atoms with E-state index in [0.29, 0.717) is 6.54 Å². The maximum atomic E-state index is 12.1. The third-order valence-electron chi connectivity index (χ3n) is 3.61. The van der Waals surface area contributed by atoms with E-state index >= 15 is 0 Å². The molecule has 0 saturated carbocycles. The first-order valence-electron chi connectivity index (χ1n) is 8.19. The lowest BCUT2D eigenvalue weighted by Gasteiger charge is -2.19. The average Bonchev–Trinajstić information content (AvgIpc) is 3.04. The van der Waals surface area contributed by atoms with Gasteiger partial charge in [0.25, 0.3) is 0 Å². The Hall–Kier alpha value is -2.90. The zero-order valence-corrected chi connectivity index (χ0v) is 14.8. The van der Waals surface area contributed by atoms with Crippen LogP contribution in [0.25, 0.3) is 0 Å². The molecule has 0 aliphatic heterocycles. The number of aromatic nitrogens is 3. The van der Waals surface area contributed by atoms with Crippen molar-refractivity contribution in [2.24, 2.45) is 0 Å². The summed E-state index contributed by atoms with van der Waals surface area (Å²) in [5.74, 6) is 0.572. The fraction of sp³-hybridized carbons (Fsp3) is 0.412. The van der Waals surface area contributed by atoms with Crippen molar-refractivity contribution in [3.05, 3.63) is 42.5 Å². The molecular weight excluding hydrogens is 320 g/mol. The maximum absolute atomic E-state index is 12.1. The van der Waals surface area contributed by atoms with Gasteiger partial charge in [-0.3, -0.25) is 4.79 Å². The third kappa shape index (κ3) is 5.59. The first-order valence-corrected chi connectivity index (χ1v) is 8.19. The highest BCUT2D eigenvalue weighted by Gasteiger charge is 2.14. The minimum absolute atomic E-state index is 0.145. The number of urea groups is 1. The van der Waals surface area contributed by atoms with Crippen LogP contribution < -0.4 is 10.6 Å². The summed E-state index contributed by atoms with van der Waals surface area (Å²) < 4.78 is 1.91. The van der Waals surface area contributed by atoms with E-state index in [4.69, 9.17) is 0 Å². The van der Waals surface area contributed by atoms with Gasteiger partial charge in [0.05, 0.1) is 6.54 Å². The summed E-state index contributed by atoms with van der Waals surface area (Å²) in [5.41, 5.74) is 0.740. The number of amides is 3. The van der Waals surface area contributed by atoms with Crippen LogP contribution in [0.4, 0.5) is 10.5 Å². The van der Waals surface area contributed by atoms with Crippen LogP contribution in [0, 0.1) is 0 Å². The van der Waals surface area contributed by atoms with Gasteiger partial charge >= 0.3 is 6.03 Å². The van der Waals surface area contributed by atoms with Crippen LogP contribution in [0.15, 0.2) is 36.7 Å². The smallest absolute Gasteiger partial charge is 0.317 e. The highest BCUT2D eigenvalue weighted by molar-refractivity contribution is 5.91. The number of rotatable bonds is 7. The van der Waals surface area contributed by atoms with E-state index in [0.717, 1.165) is 11.5 Å². The van der Waals surface area contributed by atoms with E-state index in [9.17, 15) is 9.59 Å². The lowest BCUT2D eigenvalue weighted by molar-refractivity contribution is -0.116. The molecule has 0 saturated heterocycles. The van der Waals surface area contributed by atoms with E-state index in [1.165, 1.54) is 4.90 Å².